The molecule has 1 aromatic rings. The molecule has 1 aromatic carbocycles. The van der Waals surface area contributed by atoms with Crippen LogP contribution in [0.4, 0.5) is 0 Å². The lowest BCUT2D eigenvalue weighted by Crippen LogP contribution is -2.28. The molecule has 0 aliphatic heterocycles. The van der Waals surface area contributed by atoms with E-state index in [0.717, 1.165) is 11.1 Å². The largest absolute Gasteiger partial charge is 0.465 e. The Morgan fingerprint density at radius 1 is 1.47 bits per heavy atom. The highest BCUT2D eigenvalue weighted by molar-refractivity contribution is 9.10. The van der Waals surface area contributed by atoms with Gasteiger partial charge in [-0.1, -0.05) is 40.2 Å². The van der Waals surface area contributed by atoms with Crippen molar-refractivity contribution in [2.45, 2.75) is 25.1 Å². The number of hydrogen-bond acceptors (Lipinski definition) is 2. The average Bonchev–Trinajstić information content (AvgIpc) is 2.18. The van der Waals surface area contributed by atoms with Gasteiger partial charge in [-0.3, -0.25) is 4.79 Å². The number of rotatable bonds is 3. The van der Waals surface area contributed by atoms with Crippen molar-refractivity contribution in [3.8, 4) is 0 Å². The van der Waals surface area contributed by atoms with Crippen LogP contribution in [0.25, 0.3) is 0 Å². The summed E-state index contributed by atoms with van der Waals surface area (Å²) in [5, 5.41) is 0. The monoisotopic (exact) mass is 270 g/mol. The maximum atomic E-state index is 11.7. The van der Waals surface area contributed by atoms with Crippen molar-refractivity contribution in [3.63, 3.8) is 0 Å². The lowest BCUT2D eigenvalue weighted by molar-refractivity contribution is -0.145. The number of halogens is 1. The van der Waals surface area contributed by atoms with E-state index in [2.05, 4.69) is 15.9 Å². The van der Waals surface area contributed by atoms with Gasteiger partial charge < -0.3 is 4.74 Å². The van der Waals surface area contributed by atoms with Crippen LogP contribution in [0.3, 0.4) is 0 Å². The zero-order chi connectivity index (χ0) is 11.5. The first-order valence-corrected chi connectivity index (χ1v) is 5.71. The van der Waals surface area contributed by atoms with E-state index in [-0.39, 0.29) is 5.97 Å². The van der Waals surface area contributed by atoms with Crippen LogP contribution < -0.4 is 0 Å². The number of alkyl halides is 1. The molecule has 0 aliphatic carbocycles. The molecule has 0 saturated carbocycles. The fraction of sp³-hybridized carbons (Fsp3) is 0.417. The standard InChI is InChI=1S/C12H15BrO2/c1-4-15-11(14)12(3,13)10-8-6-5-7-9(10)2/h5-8H,4H2,1-3H3. The highest BCUT2D eigenvalue weighted by Crippen LogP contribution is 2.34. The Balaban J connectivity index is 3.05. The van der Waals surface area contributed by atoms with E-state index in [9.17, 15) is 4.79 Å². The summed E-state index contributed by atoms with van der Waals surface area (Å²) < 4.78 is 4.27. The minimum absolute atomic E-state index is 0.251. The minimum atomic E-state index is -0.756. The molecular weight excluding hydrogens is 256 g/mol. The first kappa shape index (κ1) is 12.2. The van der Waals surface area contributed by atoms with Gasteiger partial charge in [0.1, 0.15) is 4.32 Å². The Morgan fingerprint density at radius 2 is 2.07 bits per heavy atom. The average molecular weight is 271 g/mol. The van der Waals surface area contributed by atoms with Crippen molar-refractivity contribution in [2.75, 3.05) is 6.61 Å². The molecule has 82 valence electrons. The summed E-state index contributed by atoms with van der Waals surface area (Å²) in [6.45, 7) is 5.99. The van der Waals surface area contributed by atoms with Crippen LogP contribution in [0.5, 0.6) is 0 Å². The molecular formula is C12H15BrO2. The van der Waals surface area contributed by atoms with E-state index in [4.69, 9.17) is 4.74 Å². The molecule has 0 fully saturated rings. The smallest absolute Gasteiger partial charge is 0.327 e. The summed E-state index contributed by atoms with van der Waals surface area (Å²) in [6, 6.07) is 7.78. The second kappa shape index (κ2) is 4.79. The summed E-state index contributed by atoms with van der Waals surface area (Å²) in [7, 11) is 0. The maximum Gasteiger partial charge on any atom is 0.327 e. The van der Waals surface area contributed by atoms with E-state index in [1.54, 1.807) is 6.92 Å². The number of hydrogen-bond donors (Lipinski definition) is 0. The minimum Gasteiger partial charge on any atom is -0.465 e. The topological polar surface area (TPSA) is 26.3 Å². The van der Waals surface area contributed by atoms with Crippen LogP contribution >= 0.6 is 15.9 Å². The van der Waals surface area contributed by atoms with Crippen molar-refractivity contribution < 1.29 is 9.53 Å². The van der Waals surface area contributed by atoms with Crippen molar-refractivity contribution in [2.24, 2.45) is 0 Å². The third kappa shape index (κ3) is 2.59. The molecule has 1 atom stereocenters. The number of aryl methyl sites for hydroxylation is 1. The molecule has 1 rings (SSSR count). The molecule has 0 spiro atoms. The summed E-state index contributed by atoms with van der Waals surface area (Å²) in [5.41, 5.74) is 2.02. The normalized spacial score (nSPS) is 14.4. The van der Waals surface area contributed by atoms with E-state index >= 15 is 0 Å². The maximum absolute atomic E-state index is 11.7. The molecule has 0 radical (unpaired) electrons. The Morgan fingerprint density at radius 3 is 2.60 bits per heavy atom. The number of carbonyl (C=O) groups excluding carboxylic acids is 1. The van der Waals surface area contributed by atoms with Crippen molar-refractivity contribution >= 4 is 21.9 Å². The van der Waals surface area contributed by atoms with E-state index < -0.39 is 4.32 Å². The summed E-state index contributed by atoms with van der Waals surface area (Å²) in [5.74, 6) is -0.251. The Labute approximate surface area is 98.8 Å². The quantitative estimate of drug-likeness (QED) is 0.623. The van der Waals surface area contributed by atoms with Gasteiger partial charge in [0, 0.05) is 0 Å². The van der Waals surface area contributed by atoms with Gasteiger partial charge >= 0.3 is 5.97 Å². The number of benzene rings is 1. The molecule has 0 bridgehead atoms. The molecule has 0 amide bonds. The first-order valence-electron chi connectivity index (χ1n) is 4.92. The molecule has 0 saturated heterocycles. The molecule has 3 heteroatoms. The van der Waals surface area contributed by atoms with Gasteiger partial charge in [-0.15, -0.1) is 0 Å². The fourth-order valence-electron chi connectivity index (χ4n) is 1.48. The molecule has 0 N–H and O–H groups in total. The Kier molecular flexibility index (Phi) is 3.91. The summed E-state index contributed by atoms with van der Waals surface area (Å²) in [6.07, 6.45) is 0. The Hall–Kier alpha value is -0.830. The van der Waals surface area contributed by atoms with Gasteiger partial charge in [0.25, 0.3) is 0 Å². The molecule has 0 heterocycles. The predicted molar refractivity (Wildman–Crippen MR) is 64.1 cm³/mol. The molecule has 0 aromatic heterocycles. The van der Waals surface area contributed by atoms with E-state index in [1.807, 2.05) is 38.1 Å². The zero-order valence-electron chi connectivity index (χ0n) is 9.21. The third-order valence-corrected chi connectivity index (χ3v) is 3.06. The first-order chi connectivity index (χ1) is 7.00. The van der Waals surface area contributed by atoms with Crippen LogP contribution in [0.15, 0.2) is 24.3 Å². The third-order valence-electron chi connectivity index (χ3n) is 2.31. The van der Waals surface area contributed by atoms with Crippen LogP contribution in [0.2, 0.25) is 0 Å². The van der Waals surface area contributed by atoms with Crippen LogP contribution in [0, 0.1) is 6.92 Å². The van der Waals surface area contributed by atoms with Gasteiger partial charge in [-0.05, 0) is 31.9 Å². The second-order valence-electron chi connectivity index (χ2n) is 3.54. The van der Waals surface area contributed by atoms with Crippen LogP contribution in [-0.4, -0.2) is 12.6 Å². The van der Waals surface area contributed by atoms with Crippen molar-refractivity contribution in [3.05, 3.63) is 35.4 Å². The van der Waals surface area contributed by atoms with Gasteiger partial charge in [-0.2, -0.15) is 0 Å². The van der Waals surface area contributed by atoms with Crippen LogP contribution in [-0.2, 0) is 13.9 Å². The molecule has 2 nitrogen and oxygen atoms in total. The van der Waals surface area contributed by atoms with Gasteiger partial charge in [0.05, 0.1) is 6.61 Å². The zero-order valence-corrected chi connectivity index (χ0v) is 10.8. The fourth-order valence-corrected chi connectivity index (χ4v) is 2.04. The van der Waals surface area contributed by atoms with Crippen molar-refractivity contribution in [1.29, 1.82) is 0 Å². The van der Waals surface area contributed by atoms with Gasteiger partial charge in [-0.25, -0.2) is 0 Å². The number of carbonyl (C=O) groups is 1. The second-order valence-corrected chi connectivity index (χ2v) is 5.12. The summed E-state index contributed by atoms with van der Waals surface area (Å²) in [4.78, 5) is 11.7. The highest BCUT2D eigenvalue weighted by atomic mass is 79.9. The predicted octanol–water partition coefficient (Wildman–Crippen LogP) is 3.17. The highest BCUT2D eigenvalue weighted by Gasteiger charge is 2.34. The SMILES string of the molecule is CCOC(=O)C(C)(Br)c1ccccc1C. The van der Waals surface area contributed by atoms with E-state index in [1.165, 1.54) is 0 Å². The summed E-state index contributed by atoms with van der Waals surface area (Å²) >= 11 is 3.43. The molecule has 0 aliphatic rings. The number of esters is 1. The molecule has 15 heavy (non-hydrogen) atoms. The number of ether oxygens (including phenoxy) is 1. The van der Waals surface area contributed by atoms with Crippen molar-refractivity contribution in [1.82, 2.24) is 0 Å². The van der Waals surface area contributed by atoms with Gasteiger partial charge in [0.15, 0.2) is 0 Å². The Bertz CT molecular complexity index is 358. The van der Waals surface area contributed by atoms with Crippen LogP contribution in [0.1, 0.15) is 25.0 Å². The van der Waals surface area contributed by atoms with Gasteiger partial charge in [0.2, 0.25) is 0 Å². The lowest BCUT2D eigenvalue weighted by atomic mass is 9.96. The van der Waals surface area contributed by atoms with E-state index in [0.29, 0.717) is 6.61 Å². The molecule has 1 unspecified atom stereocenters. The lowest BCUT2D eigenvalue weighted by Gasteiger charge is -2.22.